The van der Waals surface area contributed by atoms with Crippen LogP contribution in [0.3, 0.4) is 0 Å². The van der Waals surface area contributed by atoms with Gasteiger partial charge in [0.15, 0.2) is 6.61 Å². The molecule has 2 rings (SSSR count). The zero-order valence-electron chi connectivity index (χ0n) is 11.7. The third-order valence-corrected chi connectivity index (χ3v) is 2.92. The van der Waals surface area contributed by atoms with E-state index < -0.39 is 0 Å². The summed E-state index contributed by atoms with van der Waals surface area (Å²) in [6.07, 6.45) is 0. The van der Waals surface area contributed by atoms with Crippen molar-refractivity contribution < 1.29 is 13.9 Å². The number of hydrogen-bond acceptors (Lipinski definition) is 3. The smallest absolute Gasteiger partial charge is 0.262 e. The van der Waals surface area contributed by atoms with Crippen LogP contribution in [-0.4, -0.2) is 12.5 Å². The van der Waals surface area contributed by atoms with Crippen LogP contribution in [0.5, 0.6) is 5.75 Å². The maximum absolute atomic E-state index is 12.8. The topological polar surface area (TPSA) is 64.3 Å². The Morgan fingerprint density at radius 2 is 1.95 bits per heavy atom. The molecule has 110 valence electrons. The standard InChI is InChI=1S/C16H17FN2O2/c1-11-2-7-15(12(8-11)9-18)21-10-16(20)19-14-5-3-13(17)4-6-14/h2-8H,9-10,18H2,1H3,(H,19,20). The fourth-order valence-corrected chi connectivity index (χ4v) is 1.88. The molecule has 4 nitrogen and oxygen atoms in total. The lowest BCUT2D eigenvalue weighted by molar-refractivity contribution is -0.118. The molecule has 0 radical (unpaired) electrons. The van der Waals surface area contributed by atoms with Crippen LogP contribution >= 0.6 is 0 Å². The van der Waals surface area contributed by atoms with E-state index in [4.69, 9.17) is 10.5 Å². The highest BCUT2D eigenvalue weighted by molar-refractivity contribution is 5.91. The predicted octanol–water partition coefficient (Wildman–Crippen LogP) is 2.61. The summed E-state index contributed by atoms with van der Waals surface area (Å²) in [5, 5.41) is 2.63. The third kappa shape index (κ3) is 4.29. The molecule has 0 aliphatic heterocycles. The minimum Gasteiger partial charge on any atom is -0.483 e. The largest absolute Gasteiger partial charge is 0.483 e. The van der Waals surface area contributed by atoms with Crippen molar-refractivity contribution in [3.8, 4) is 5.75 Å². The van der Waals surface area contributed by atoms with Gasteiger partial charge < -0.3 is 15.8 Å². The Balaban J connectivity index is 1.93. The van der Waals surface area contributed by atoms with Crippen LogP contribution in [0.2, 0.25) is 0 Å². The van der Waals surface area contributed by atoms with Gasteiger partial charge in [-0.25, -0.2) is 4.39 Å². The van der Waals surface area contributed by atoms with Crippen molar-refractivity contribution in [1.29, 1.82) is 0 Å². The summed E-state index contributed by atoms with van der Waals surface area (Å²) < 4.78 is 18.2. The Morgan fingerprint density at radius 1 is 1.24 bits per heavy atom. The number of ether oxygens (including phenoxy) is 1. The number of anilines is 1. The molecule has 0 saturated heterocycles. The fourth-order valence-electron chi connectivity index (χ4n) is 1.88. The van der Waals surface area contributed by atoms with Crippen molar-refractivity contribution >= 4 is 11.6 Å². The van der Waals surface area contributed by atoms with Crippen LogP contribution in [0.15, 0.2) is 42.5 Å². The Hall–Kier alpha value is -2.40. The quantitative estimate of drug-likeness (QED) is 0.889. The SMILES string of the molecule is Cc1ccc(OCC(=O)Nc2ccc(F)cc2)c(CN)c1. The monoisotopic (exact) mass is 288 g/mol. The van der Waals surface area contributed by atoms with Crippen molar-refractivity contribution in [3.05, 3.63) is 59.4 Å². The van der Waals surface area contributed by atoms with E-state index in [1.54, 1.807) is 6.07 Å². The number of nitrogens with two attached hydrogens (primary N) is 1. The molecular formula is C16H17FN2O2. The molecule has 0 heterocycles. The lowest BCUT2D eigenvalue weighted by Gasteiger charge is -2.11. The average molecular weight is 288 g/mol. The second-order valence-corrected chi connectivity index (χ2v) is 4.66. The van der Waals surface area contributed by atoms with Crippen LogP contribution in [0.25, 0.3) is 0 Å². The van der Waals surface area contributed by atoms with Crippen molar-refractivity contribution in [3.63, 3.8) is 0 Å². The molecule has 5 heteroatoms. The molecule has 0 aliphatic carbocycles. The number of amides is 1. The van der Waals surface area contributed by atoms with Crippen molar-refractivity contribution in [2.24, 2.45) is 5.73 Å². The second-order valence-electron chi connectivity index (χ2n) is 4.66. The Kier molecular flexibility index (Phi) is 4.90. The van der Waals surface area contributed by atoms with E-state index in [1.807, 2.05) is 19.1 Å². The summed E-state index contributed by atoms with van der Waals surface area (Å²) in [7, 11) is 0. The molecule has 21 heavy (non-hydrogen) atoms. The summed E-state index contributed by atoms with van der Waals surface area (Å²) in [5.41, 5.74) is 8.10. The third-order valence-electron chi connectivity index (χ3n) is 2.92. The van der Waals surface area contributed by atoms with Gasteiger partial charge in [0.2, 0.25) is 0 Å². The highest BCUT2D eigenvalue weighted by atomic mass is 19.1. The van der Waals surface area contributed by atoms with Crippen LogP contribution in [0.1, 0.15) is 11.1 Å². The number of nitrogens with one attached hydrogen (secondary N) is 1. The van der Waals surface area contributed by atoms with Crippen LogP contribution < -0.4 is 15.8 Å². The summed E-state index contributed by atoms with van der Waals surface area (Å²) >= 11 is 0. The maximum atomic E-state index is 12.8. The minimum atomic E-state index is -0.350. The molecule has 3 N–H and O–H groups in total. The van der Waals surface area contributed by atoms with Gasteiger partial charge in [-0.3, -0.25) is 4.79 Å². The Labute approximate surface area is 122 Å². The summed E-state index contributed by atoms with van der Waals surface area (Å²) in [4.78, 5) is 11.8. The number of hydrogen-bond donors (Lipinski definition) is 2. The molecule has 2 aromatic carbocycles. The van der Waals surface area contributed by atoms with E-state index in [-0.39, 0.29) is 18.3 Å². The first-order chi connectivity index (χ1) is 10.1. The number of halogens is 1. The molecule has 2 aromatic rings. The van der Waals surface area contributed by atoms with Crippen LogP contribution in [-0.2, 0) is 11.3 Å². The van der Waals surface area contributed by atoms with Gasteiger partial charge in [0.1, 0.15) is 11.6 Å². The van der Waals surface area contributed by atoms with E-state index in [1.165, 1.54) is 24.3 Å². The first-order valence-electron chi connectivity index (χ1n) is 6.56. The number of benzene rings is 2. The molecule has 1 amide bonds. The first-order valence-corrected chi connectivity index (χ1v) is 6.56. The van der Waals surface area contributed by atoms with Gasteiger partial charge in [-0.15, -0.1) is 0 Å². The number of aryl methyl sites for hydroxylation is 1. The van der Waals surface area contributed by atoms with Gasteiger partial charge in [0.25, 0.3) is 5.91 Å². The van der Waals surface area contributed by atoms with Crippen molar-refractivity contribution in [2.45, 2.75) is 13.5 Å². The van der Waals surface area contributed by atoms with E-state index in [9.17, 15) is 9.18 Å². The van der Waals surface area contributed by atoms with Crippen LogP contribution in [0.4, 0.5) is 10.1 Å². The normalized spacial score (nSPS) is 10.2. The average Bonchev–Trinajstić information content (AvgIpc) is 2.48. The van der Waals surface area contributed by atoms with Gasteiger partial charge in [-0.05, 0) is 37.3 Å². The van der Waals surface area contributed by atoms with Gasteiger partial charge in [-0.1, -0.05) is 17.7 Å². The highest BCUT2D eigenvalue weighted by Gasteiger charge is 2.07. The molecule has 0 aromatic heterocycles. The van der Waals surface area contributed by atoms with Crippen molar-refractivity contribution in [1.82, 2.24) is 0 Å². The number of carbonyl (C=O) groups excluding carboxylic acids is 1. The van der Waals surface area contributed by atoms with Crippen molar-refractivity contribution in [2.75, 3.05) is 11.9 Å². The first kappa shape index (κ1) is 15.0. The predicted molar refractivity (Wildman–Crippen MR) is 79.6 cm³/mol. The molecular weight excluding hydrogens is 271 g/mol. The maximum Gasteiger partial charge on any atom is 0.262 e. The Bertz CT molecular complexity index is 627. The molecule has 0 spiro atoms. The minimum absolute atomic E-state index is 0.132. The second kappa shape index (κ2) is 6.85. The zero-order chi connectivity index (χ0) is 15.2. The fraction of sp³-hybridized carbons (Fsp3) is 0.188. The zero-order valence-corrected chi connectivity index (χ0v) is 11.7. The number of carbonyl (C=O) groups is 1. The molecule has 0 fully saturated rings. The van der Waals surface area contributed by atoms with E-state index >= 15 is 0 Å². The Morgan fingerprint density at radius 3 is 2.62 bits per heavy atom. The summed E-state index contributed by atoms with van der Waals surface area (Å²) in [5.74, 6) is -0.0704. The molecule has 0 unspecified atom stereocenters. The van der Waals surface area contributed by atoms with E-state index in [0.29, 0.717) is 18.0 Å². The molecule has 0 atom stereocenters. The molecule has 0 saturated carbocycles. The lowest BCUT2D eigenvalue weighted by Crippen LogP contribution is -2.20. The van der Waals surface area contributed by atoms with Gasteiger partial charge >= 0.3 is 0 Å². The highest BCUT2D eigenvalue weighted by Crippen LogP contribution is 2.19. The lowest BCUT2D eigenvalue weighted by atomic mass is 10.1. The van der Waals surface area contributed by atoms with Gasteiger partial charge in [0.05, 0.1) is 0 Å². The van der Waals surface area contributed by atoms with E-state index in [0.717, 1.165) is 11.1 Å². The molecule has 0 aliphatic rings. The van der Waals surface area contributed by atoms with Crippen LogP contribution in [0, 0.1) is 12.7 Å². The number of rotatable bonds is 5. The van der Waals surface area contributed by atoms with E-state index in [2.05, 4.69) is 5.32 Å². The molecule has 0 bridgehead atoms. The summed E-state index contributed by atoms with van der Waals surface area (Å²) in [6, 6.07) is 11.2. The van der Waals surface area contributed by atoms with Gasteiger partial charge in [0, 0.05) is 17.8 Å². The van der Waals surface area contributed by atoms with Gasteiger partial charge in [-0.2, -0.15) is 0 Å². The summed E-state index contributed by atoms with van der Waals surface area (Å²) in [6.45, 7) is 2.17.